The van der Waals surface area contributed by atoms with Gasteiger partial charge < -0.3 is 15.5 Å². The molecule has 7 nitrogen and oxygen atoms in total. The molecule has 0 heterocycles. The van der Waals surface area contributed by atoms with Crippen LogP contribution in [0.4, 0.5) is 10.1 Å². The Balaban J connectivity index is 3.04. The highest BCUT2D eigenvalue weighted by atomic mass is 19.1. The van der Waals surface area contributed by atoms with Gasteiger partial charge >= 0.3 is 11.7 Å². The van der Waals surface area contributed by atoms with Gasteiger partial charge in [0.15, 0.2) is 0 Å². The van der Waals surface area contributed by atoms with E-state index in [2.05, 4.69) is 5.32 Å². The predicted molar refractivity (Wildman–Crippen MR) is 63.1 cm³/mol. The molecule has 0 saturated carbocycles. The SMILES string of the molecule is CNC(CC(=O)O)C(O)c1ccc(F)c([N+](=O)[O-])c1. The van der Waals surface area contributed by atoms with Crippen LogP contribution in [0.15, 0.2) is 18.2 Å². The molecule has 0 amide bonds. The molecule has 1 aromatic carbocycles. The molecule has 8 heteroatoms. The third-order valence-electron chi connectivity index (χ3n) is 2.65. The van der Waals surface area contributed by atoms with Crippen molar-refractivity contribution in [1.29, 1.82) is 0 Å². The number of nitrogens with one attached hydrogen (secondary N) is 1. The average Bonchev–Trinajstić information content (AvgIpc) is 2.35. The quantitative estimate of drug-likeness (QED) is 0.522. The van der Waals surface area contributed by atoms with Crippen molar-refractivity contribution >= 4 is 11.7 Å². The summed E-state index contributed by atoms with van der Waals surface area (Å²) in [5, 5.41) is 31.8. The molecule has 0 aromatic heterocycles. The third kappa shape index (κ3) is 3.70. The second-order valence-electron chi connectivity index (χ2n) is 3.91. The fourth-order valence-electron chi connectivity index (χ4n) is 1.65. The smallest absolute Gasteiger partial charge is 0.305 e. The summed E-state index contributed by atoms with van der Waals surface area (Å²) in [6, 6.07) is 2.11. The lowest BCUT2D eigenvalue weighted by molar-refractivity contribution is -0.387. The topological polar surface area (TPSA) is 113 Å². The van der Waals surface area contributed by atoms with E-state index in [-0.39, 0.29) is 12.0 Å². The maximum Gasteiger partial charge on any atom is 0.305 e. The largest absolute Gasteiger partial charge is 0.481 e. The normalized spacial score (nSPS) is 13.8. The molecule has 0 aliphatic rings. The molecular formula is C11H13FN2O5. The molecule has 1 rings (SSSR count). The van der Waals surface area contributed by atoms with Gasteiger partial charge in [0.25, 0.3) is 0 Å². The minimum Gasteiger partial charge on any atom is -0.481 e. The average molecular weight is 272 g/mol. The van der Waals surface area contributed by atoms with Crippen LogP contribution in [0.2, 0.25) is 0 Å². The van der Waals surface area contributed by atoms with Crippen molar-refractivity contribution in [2.75, 3.05) is 7.05 Å². The zero-order valence-corrected chi connectivity index (χ0v) is 10.0. The first kappa shape index (κ1) is 15.0. The van der Waals surface area contributed by atoms with E-state index < -0.39 is 34.5 Å². The van der Waals surface area contributed by atoms with E-state index in [4.69, 9.17) is 5.11 Å². The Morgan fingerprint density at radius 3 is 2.68 bits per heavy atom. The Hall–Kier alpha value is -2.06. The molecule has 0 fully saturated rings. The maximum atomic E-state index is 13.1. The first-order valence-corrected chi connectivity index (χ1v) is 5.37. The number of aliphatic hydroxyl groups is 1. The van der Waals surface area contributed by atoms with E-state index in [0.29, 0.717) is 0 Å². The van der Waals surface area contributed by atoms with Gasteiger partial charge in [-0.15, -0.1) is 0 Å². The number of halogens is 1. The van der Waals surface area contributed by atoms with Gasteiger partial charge in [-0.3, -0.25) is 14.9 Å². The van der Waals surface area contributed by atoms with Crippen LogP contribution in [0.3, 0.4) is 0 Å². The number of nitro benzene ring substituents is 1. The van der Waals surface area contributed by atoms with E-state index in [9.17, 15) is 24.4 Å². The zero-order valence-electron chi connectivity index (χ0n) is 10.0. The summed E-state index contributed by atoms with van der Waals surface area (Å²) in [5.74, 6) is -2.14. The van der Waals surface area contributed by atoms with Crippen LogP contribution in [0.1, 0.15) is 18.1 Å². The Morgan fingerprint density at radius 1 is 1.58 bits per heavy atom. The first-order chi connectivity index (χ1) is 8.86. The summed E-state index contributed by atoms with van der Waals surface area (Å²) in [6.07, 6.45) is -1.66. The molecule has 2 unspecified atom stereocenters. The van der Waals surface area contributed by atoms with Crippen LogP contribution in [0.25, 0.3) is 0 Å². The first-order valence-electron chi connectivity index (χ1n) is 5.37. The molecule has 0 aliphatic carbocycles. The Kier molecular flexibility index (Phi) is 4.90. The van der Waals surface area contributed by atoms with Crippen molar-refractivity contribution < 1.29 is 24.3 Å². The number of likely N-dealkylation sites (N-methyl/N-ethyl adjacent to an activating group) is 1. The van der Waals surface area contributed by atoms with Crippen molar-refractivity contribution in [3.05, 3.63) is 39.7 Å². The van der Waals surface area contributed by atoms with E-state index in [0.717, 1.165) is 12.1 Å². The van der Waals surface area contributed by atoms with E-state index >= 15 is 0 Å². The number of carbonyl (C=O) groups is 1. The lowest BCUT2D eigenvalue weighted by Gasteiger charge is -2.21. The number of benzene rings is 1. The summed E-state index contributed by atoms with van der Waals surface area (Å²) in [6.45, 7) is 0. The summed E-state index contributed by atoms with van der Waals surface area (Å²) in [7, 11) is 1.45. The van der Waals surface area contributed by atoms with Gasteiger partial charge in [0.2, 0.25) is 5.82 Å². The molecule has 1 aromatic rings. The van der Waals surface area contributed by atoms with Gasteiger partial charge in [-0.1, -0.05) is 6.07 Å². The zero-order chi connectivity index (χ0) is 14.6. The Bertz CT molecular complexity index is 494. The Morgan fingerprint density at radius 2 is 2.21 bits per heavy atom. The van der Waals surface area contributed by atoms with Gasteiger partial charge in [-0.25, -0.2) is 0 Å². The summed E-state index contributed by atoms with van der Waals surface area (Å²) >= 11 is 0. The fraction of sp³-hybridized carbons (Fsp3) is 0.364. The summed E-state index contributed by atoms with van der Waals surface area (Å²) in [5.41, 5.74) is -0.685. The second-order valence-corrected chi connectivity index (χ2v) is 3.91. The molecule has 104 valence electrons. The highest BCUT2D eigenvalue weighted by Gasteiger charge is 2.25. The molecule has 0 aliphatic heterocycles. The molecule has 0 radical (unpaired) electrons. The van der Waals surface area contributed by atoms with Crippen molar-refractivity contribution in [3.8, 4) is 0 Å². The van der Waals surface area contributed by atoms with E-state index in [1.54, 1.807) is 0 Å². The van der Waals surface area contributed by atoms with Crippen LogP contribution in [-0.4, -0.2) is 34.2 Å². The van der Waals surface area contributed by atoms with Gasteiger partial charge in [-0.2, -0.15) is 4.39 Å². The number of carboxylic acids is 1. The number of nitro groups is 1. The van der Waals surface area contributed by atoms with Crippen molar-refractivity contribution in [1.82, 2.24) is 5.32 Å². The number of hydrogen-bond acceptors (Lipinski definition) is 5. The standard InChI is InChI=1S/C11H13FN2O5/c1-13-8(5-10(15)16)11(17)6-2-3-7(12)9(4-6)14(18)19/h2-4,8,11,13,17H,5H2,1H3,(H,15,16). The van der Waals surface area contributed by atoms with E-state index in [1.165, 1.54) is 13.1 Å². The monoisotopic (exact) mass is 272 g/mol. The number of aliphatic hydroxyl groups excluding tert-OH is 1. The molecule has 0 spiro atoms. The summed E-state index contributed by atoms with van der Waals surface area (Å²) < 4.78 is 13.1. The number of nitrogens with zero attached hydrogens (tertiary/aromatic N) is 1. The van der Waals surface area contributed by atoms with Gasteiger partial charge in [0, 0.05) is 12.1 Å². The van der Waals surface area contributed by atoms with Gasteiger partial charge in [0.1, 0.15) is 0 Å². The third-order valence-corrected chi connectivity index (χ3v) is 2.65. The van der Waals surface area contributed by atoms with E-state index in [1.807, 2.05) is 0 Å². The number of rotatable bonds is 6. The van der Waals surface area contributed by atoms with Crippen LogP contribution < -0.4 is 5.32 Å². The van der Waals surface area contributed by atoms with Crippen LogP contribution in [0, 0.1) is 15.9 Å². The molecular weight excluding hydrogens is 259 g/mol. The Labute approximate surface area is 107 Å². The minimum atomic E-state index is -1.29. The van der Waals surface area contributed by atoms with Crippen molar-refractivity contribution in [3.63, 3.8) is 0 Å². The fourth-order valence-corrected chi connectivity index (χ4v) is 1.65. The van der Waals surface area contributed by atoms with Crippen molar-refractivity contribution in [2.45, 2.75) is 18.6 Å². The number of aliphatic carboxylic acids is 1. The van der Waals surface area contributed by atoms with Gasteiger partial charge in [-0.05, 0) is 18.7 Å². The number of hydrogen-bond donors (Lipinski definition) is 3. The predicted octanol–water partition coefficient (Wildman–Crippen LogP) is 0.830. The molecule has 3 N–H and O–H groups in total. The van der Waals surface area contributed by atoms with Crippen LogP contribution in [0.5, 0.6) is 0 Å². The minimum absolute atomic E-state index is 0.0775. The highest BCUT2D eigenvalue weighted by molar-refractivity contribution is 5.67. The van der Waals surface area contributed by atoms with Crippen LogP contribution in [-0.2, 0) is 4.79 Å². The summed E-state index contributed by atoms with van der Waals surface area (Å²) in [4.78, 5) is 20.3. The van der Waals surface area contributed by atoms with Gasteiger partial charge in [0.05, 0.1) is 17.4 Å². The number of carboxylic acid groups (broad SMARTS) is 1. The molecule has 0 bridgehead atoms. The lowest BCUT2D eigenvalue weighted by atomic mass is 9.99. The lowest BCUT2D eigenvalue weighted by Crippen LogP contribution is -2.34. The molecule has 0 saturated heterocycles. The van der Waals surface area contributed by atoms with Crippen LogP contribution >= 0.6 is 0 Å². The molecule has 2 atom stereocenters. The highest BCUT2D eigenvalue weighted by Crippen LogP contribution is 2.25. The van der Waals surface area contributed by atoms with Crippen molar-refractivity contribution in [2.24, 2.45) is 0 Å². The maximum absolute atomic E-state index is 13.1. The second kappa shape index (κ2) is 6.21. The molecule has 19 heavy (non-hydrogen) atoms.